The Balaban J connectivity index is 3.13. The van der Waals surface area contributed by atoms with Crippen LogP contribution in [0.5, 0.6) is 0 Å². The van der Waals surface area contributed by atoms with Crippen molar-refractivity contribution in [2.45, 2.75) is 6.92 Å². The monoisotopic (exact) mass is 282 g/mol. The molecule has 110 valence electrons. The molecule has 0 spiro atoms. The topological polar surface area (TPSA) is 99.8 Å². The van der Waals surface area contributed by atoms with Gasteiger partial charge in [0.05, 0.1) is 4.92 Å². The summed E-state index contributed by atoms with van der Waals surface area (Å²) in [5.74, 6) is -0.958. The van der Waals surface area contributed by atoms with Gasteiger partial charge in [-0.3, -0.25) is 14.9 Å². The smallest absolute Gasteiger partial charge is 0.323 e. The number of aromatic nitrogens is 1. The number of nitrogens with zero attached hydrogens (tertiary/aromatic N) is 4. The van der Waals surface area contributed by atoms with Gasteiger partial charge in [0, 0.05) is 24.8 Å². The zero-order valence-corrected chi connectivity index (χ0v) is 11.7. The summed E-state index contributed by atoms with van der Waals surface area (Å²) in [6.45, 7) is 2.29. The van der Waals surface area contributed by atoms with Gasteiger partial charge in [0.15, 0.2) is 0 Å². The summed E-state index contributed by atoms with van der Waals surface area (Å²) in [6, 6.07) is 2.88. The predicted octanol–water partition coefficient (Wildman–Crippen LogP) is 0.751. The number of carbonyl (C=O) groups is 1. The van der Waals surface area contributed by atoms with E-state index < -0.39 is 10.9 Å². The second kappa shape index (κ2) is 6.80. The van der Waals surface area contributed by atoms with Crippen LogP contribution in [0.4, 0.5) is 11.5 Å². The third-order valence-corrected chi connectivity index (χ3v) is 2.63. The maximum absolute atomic E-state index is 11.0. The molecule has 0 atom stereocenters. The average Bonchev–Trinajstić information content (AvgIpc) is 2.33. The molecule has 8 nitrogen and oxygen atoms in total. The molecule has 0 aliphatic rings. The molecule has 0 saturated heterocycles. The van der Waals surface area contributed by atoms with Crippen LogP contribution in [0.25, 0.3) is 0 Å². The number of aryl methyl sites for hydroxylation is 1. The first-order valence-electron chi connectivity index (χ1n) is 6.04. The summed E-state index contributed by atoms with van der Waals surface area (Å²) in [7, 11) is 3.69. The van der Waals surface area contributed by atoms with Gasteiger partial charge >= 0.3 is 11.7 Å². The second-order valence-electron chi connectivity index (χ2n) is 4.67. The fourth-order valence-corrected chi connectivity index (χ4v) is 1.65. The van der Waals surface area contributed by atoms with Crippen LogP contribution in [0.2, 0.25) is 0 Å². The molecule has 0 amide bonds. The van der Waals surface area contributed by atoms with Crippen molar-refractivity contribution >= 4 is 17.5 Å². The van der Waals surface area contributed by atoms with Gasteiger partial charge in [-0.05, 0) is 27.1 Å². The minimum Gasteiger partial charge on any atom is -0.480 e. The Morgan fingerprint density at radius 3 is 2.55 bits per heavy atom. The molecule has 0 fully saturated rings. The van der Waals surface area contributed by atoms with Crippen molar-refractivity contribution in [2.75, 3.05) is 38.6 Å². The summed E-state index contributed by atoms with van der Waals surface area (Å²) in [5, 5.41) is 20.0. The largest absolute Gasteiger partial charge is 0.480 e. The first-order chi connectivity index (χ1) is 9.31. The van der Waals surface area contributed by atoms with Gasteiger partial charge in [0.2, 0.25) is 5.82 Å². The molecular formula is C12H18N4O4. The molecule has 0 aliphatic carbocycles. The van der Waals surface area contributed by atoms with Gasteiger partial charge in [0.25, 0.3) is 0 Å². The van der Waals surface area contributed by atoms with Crippen molar-refractivity contribution in [3.8, 4) is 0 Å². The Kier molecular flexibility index (Phi) is 5.39. The first-order valence-corrected chi connectivity index (χ1v) is 6.04. The van der Waals surface area contributed by atoms with E-state index in [1.807, 2.05) is 19.0 Å². The lowest BCUT2D eigenvalue weighted by Crippen LogP contribution is -2.36. The van der Waals surface area contributed by atoms with Crippen molar-refractivity contribution < 1.29 is 14.8 Å². The Bertz CT molecular complexity index is 504. The number of rotatable bonds is 7. The molecule has 0 aliphatic heterocycles. The number of likely N-dealkylation sites (N-methyl/N-ethyl adjacent to an activating group) is 1. The van der Waals surface area contributed by atoms with E-state index >= 15 is 0 Å². The highest BCUT2D eigenvalue weighted by atomic mass is 16.6. The zero-order valence-electron chi connectivity index (χ0n) is 11.7. The van der Waals surface area contributed by atoms with Gasteiger partial charge in [-0.25, -0.2) is 4.98 Å². The van der Waals surface area contributed by atoms with E-state index in [2.05, 4.69) is 4.98 Å². The van der Waals surface area contributed by atoms with Crippen LogP contribution < -0.4 is 4.90 Å². The summed E-state index contributed by atoms with van der Waals surface area (Å²) in [6.07, 6.45) is 0. The number of nitro groups is 1. The predicted molar refractivity (Wildman–Crippen MR) is 74.0 cm³/mol. The van der Waals surface area contributed by atoms with Crippen molar-refractivity contribution in [2.24, 2.45) is 0 Å². The molecular weight excluding hydrogens is 264 g/mol. The summed E-state index contributed by atoms with van der Waals surface area (Å²) in [5.41, 5.74) is 0.418. The van der Waals surface area contributed by atoms with E-state index in [-0.39, 0.29) is 18.1 Å². The first kappa shape index (κ1) is 15.8. The highest BCUT2D eigenvalue weighted by molar-refractivity contribution is 5.75. The van der Waals surface area contributed by atoms with Crippen LogP contribution in [0, 0.1) is 17.0 Å². The van der Waals surface area contributed by atoms with E-state index in [9.17, 15) is 14.9 Å². The maximum Gasteiger partial charge on any atom is 0.323 e. The third-order valence-electron chi connectivity index (χ3n) is 2.63. The van der Waals surface area contributed by atoms with Crippen molar-refractivity contribution in [1.29, 1.82) is 0 Å². The average molecular weight is 282 g/mol. The molecule has 1 N–H and O–H groups in total. The number of pyridine rings is 1. The minimum absolute atomic E-state index is 0.0965. The number of anilines is 1. The van der Waals surface area contributed by atoms with Crippen LogP contribution in [-0.2, 0) is 4.79 Å². The lowest BCUT2D eigenvalue weighted by molar-refractivity contribution is -0.384. The van der Waals surface area contributed by atoms with E-state index in [0.717, 1.165) is 0 Å². The fraction of sp³-hybridized carbons (Fsp3) is 0.500. The van der Waals surface area contributed by atoms with Crippen molar-refractivity contribution in [1.82, 2.24) is 9.88 Å². The normalized spacial score (nSPS) is 10.6. The SMILES string of the molecule is Cc1ccc([N+](=O)[O-])c(N(CCN(C)C)CC(=O)O)n1. The molecule has 0 bridgehead atoms. The van der Waals surface area contributed by atoms with Gasteiger partial charge in [-0.15, -0.1) is 0 Å². The van der Waals surface area contributed by atoms with Crippen LogP contribution in [0.3, 0.4) is 0 Å². The standard InChI is InChI=1S/C12H18N4O4/c1-9-4-5-10(16(19)20)12(13-9)15(8-11(17)18)7-6-14(2)3/h4-5H,6-8H2,1-3H3,(H,17,18). The Morgan fingerprint density at radius 2 is 2.05 bits per heavy atom. The lowest BCUT2D eigenvalue weighted by Gasteiger charge is -2.23. The highest BCUT2D eigenvalue weighted by Gasteiger charge is 2.23. The number of carboxylic acids is 1. The molecule has 8 heteroatoms. The third kappa shape index (κ3) is 4.47. The molecule has 20 heavy (non-hydrogen) atoms. The quantitative estimate of drug-likeness (QED) is 0.581. The van der Waals surface area contributed by atoms with Crippen LogP contribution in [-0.4, -0.2) is 59.6 Å². The number of carboxylic acid groups (broad SMARTS) is 1. The summed E-state index contributed by atoms with van der Waals surface area (Å²) < 4.78 is 0. The van der Waals surface area contributed by atoms with Gasteiger partial charge < -0.3 is 14.9 Å². The number of hydrogen-bond donors (Lipinski definition) is 1. The van der Waals surface area contributed by atoms with Crippen molar-refractivity contribution in [3.63, 3.8) is 0 Å². The molecule has 1 aromatic heterocycles. The van der Waals surface area contributed by atoms with E-state index in [0.29, 0.717) is 18.8 Å². The van der Waals surface area contributed by atoms with E-state index in [4.69, 9.17) is 5.11 Å². The molecule has 0 saturated carbocycles. The molecule has 1 aromatic rings. The van der Waals surface area contributed by atoms with Crippen LogP contribution in [0.15, 0.2) is 12.1 Å². The summed E-state index contributed by atoms with van der Waals surface area (Å²) in [4.78, 5) is 28.8. The van der Waals surface area contributed by atoms with Crippen LogP contribution in [0.1, 0.15) is 5.69 Å². The molecule has 1 rings (SSSR count). The van der Waals surface area contributed by atoms with E-state index in [1.54, 1.807) is 6.92 Å². The number of aliphatic carboxylic acids is 1. The molecule has 1 heterocycles. The second-order valence-corrected chi connectivity index (χ2v) is 4.67. The molecule has 0 unspecified atom stereocenters. The Labute approximate surface area is 116 Å². The molecule has 0 aromatic carbocycles. The van der Waals surface area contributed by atoms with Crippen molar-refractivity contribution in [3.05, 3.63) is 27.9 Å². The van der Waals surface area contributed by atoms with E-state index in [1.165, 1.54) is 17.0 Å². The maximum atomic E-state index is 11.0. The molecule has 0 radical (unpaired) electrons. The number of hydrogen-bond acceptors (Lipinski definition) is 6. The lowest BCUT2D eigenvalue weighted by atomic mass is 10.3. The Hall–Kier alpha value is -2.22. The van der Waals surface area contributed by atoms with Crippen LogP contribution >= 0.6 is 0 Å². The Morgan fingerprint density at radius 1 is 1.40 bits per heavy atom. The van der Waals surface area contributed by atoms with Gasteiger partial charge in [0.1, 0.15) is 6.54 Å². The van der Waals surface area contributed by atoms with Gasteiger partial charge in [-0.1, -0.05) is 0 Å². The highest BCUT2D eigenvalue weighted by Crippen LogP contribution is 2.25. The summed E-state index contributed by atoms with van der Waals surface area (Å²) >= 11 is 0. The zero-order chi connectivity index (χ0) is 15.3. The minimum atomic E-state index is -1.05. The van der Waals surface area contributed by atoms with Gasteiger partial charge in [-0.2, -0.15) is 0 Å². The fourth-order valence-electron chi connectivity index (χ4n) is 1.65.